The summed E-state index contributed by atoms with van der Waals surface area (Å²) < 4.78 is 11.4. The molecule has 0 saturated carbocycles. The van der Waals surface area contributed by atoms with Gasteiger partial charge in [-0.25, -0.2) is 0 Å². The van der Waals surface area contributed by atoms with Gasteiger partial charge in [0.15, 0.2) is 0 Å². The van der Waals surface area contributed by atoms with Crippen LogP contribution in [-0.4, -0.2) is 32.5 Å². The molecule has 1 N–H and O–H groups in total. The van der Waals surface area contributed by atoms with Crippen molar-refractivity contribution in [2.45, 2.75) is 31.4 Å². The van der Waals surface area contributed by atoms with Gasteiger partial charge >= 0.3 is 0 Å². The van der Waals surface area contributed by atoms with Crippen LogP contribution >= 0.6 is 23.2 Å². The molecule has 1 fully saturated rings. The number of nitrogens with one attached hydrogen (secondary N) is 1. The Hall–Kier alpha value is -0.320. The zero-order valence-corrected chi connectivity index (χ0v) is 13.4. The van der Waals surface area contributed by atoms with Crippen LogP contribution in [0.5, 0.6) is 0 Å². The molecule has 1 atom stereocenters. The van der Waals surface area contributed by atoms with Gasteiger partial charge < -0.3 is 14.8 Å². The minimum absolute atomic E-state index is 0.00704. The topological polar surface area (TPSA) is 30.5 Å². The highest BCUT2D eigenvalue weighted by Crippen LogP contribution is 2.41. The molecule has 1 aromatic rings. The molecule has 1 unspecified atom stereocenters. The molecule has 2 rings (SSSR count). The molecule has 5 heteroatoms. The molecular weight excluding hydrogens is 297 g/mol. The summed E-state index contributed by atoms with van der Waals surface area (Å²) in [6, 6.07) is 5.75. The van der Waals surface area contributed by atoms with Gasteiger partial charge in [0, 0.05) is 33.2 Å². The SMILES string of the molecule is CCNC(c1cccc(Cl)c1Cl)C1(OC)CCOCC1. The predicted octanol–water partition coefficient (Wildman–Crippen LogP) is 3.84. The third-order valence-corrected chi connectivity index (χ3v) is 4.81. The monoisotopic (exact) mass is 317 g/mol. The van der Waals surface area contributed by atoms with E-state index in [1.807, 2.05) is 12.1 Å². The first-order valence-corrected chi connectivity index (χ1v) is 7.70. The highest BCUT2D eigenvalue weighted by molar-refractivity contribution is 6.42. The first kappa shape index (κ1) is 16.1. The molecule has 1 saturated heterocycles. The number of halogens is 2. The highest BCUT2D eigenvalue weighted by Gasteiger charge is 2.42. The van der Waals surface area contributed by atoms with Crippen LogP contribution in [-0.2, 0) is 9.47 Å². The molecule has 112 valence electrons. The summed E-state index contributed by atoms with van der Waals surface area (Å²) in [6.45, 7) is 4.31. The smallest absolute Gasteiger partial charge is 0.0916 e. The van der Waals surface area contributed by atoms with Gasteiger partial charge in [0.1, 0.15) is 0 Å². The van der Waals surface area contributed by atoms with Gasteiger partial charge in [-0.15, -0.1) is 0 Å². The van der Waals surface area contributed by atoms with Gasteiger partial charge in [-0.05, 0) is 18.2 Å². The molecule has 1 heterocycles. The van der Waals surface area contributed by atoms with Crippen LogP contribution in [0.3, 0.4) is 0 Å². The van der Waals surface area contributed by atoms with E-state index >= 15 is 0 Å². The second-order valence-electron chi connectivity index (χ2n) is 5.02. The fourth-order valence-corrected chi connectivity index (χ4v) is 3.27. The number of hydrogen-bond donors (Lipinski definition) is 1. The summed E-state index contributed by atoms with van der Waals surface area (Å²) in [5, 5.41) is 4.68. The van der Waals surface area contributed by atoms with Crippen molar-refractivity contribution in [3.8, 4) is 0 Å². The second kappa shape index (κ2) is 7.10. The van der Waals surface area contributed by atoms with Crippen LogP contribution in [0.4, 0.5) is 0 Å². The summed E-state index contributed by atoms with van der Waals surface area (Å²) in [4.78, 5) is 0. The van der Waals surface area contributed by atoms with E-state index < -0.39 is 0 Å². The van der Waals surface area contributed by atoms with Gasteiger partial charge in [-0.2, -0.15) is 0 Å². The van der Waals surface area contributed by atoms with Crippen molar-refractivity contribution in [3.63, 3.8) is 0 Å². The Morgan fingerprint density at radius 1 is 1.35 bits per heavy atom. The van der Waals surface area contributed by atoms with Crippen LogP contribution in [0.2, 0.25) is 10.0 Å². The Bertz CT molecular complexity index is 447. The predicted molar refractivity (Wildman–Crippen MR) is 82.7 cm³/mol. The van der Waals surface area contributed by atoms with Crippen LogP contribution in [0, 0.1) is 0 Å². The Labute approximate surface area is 130 Å². The summed E-state index contributed by atoms with van der Waals surface area (Å²) in [6.07, 6.45) is 1.67. The molecule has 0 aromatic heterocycles. The van der Waals surface area contributed by atoms with E-state index in [-0.39, 0.29) is 11.6 Å². The van der Waals surface area contributed by atoms with Crippen molar-refractivity contribution in [3.05, 3.63) is 33.8 Å². The normalized spacial score (nSPS) is 19.8. The van der Waals surface area contributed by atoms with Crippen molar-refractivity contribution in [1.82, 2.24) is 5.32 Å². The summed E-state index contributed by atoms with van der Waals surface area (Å²) >= 11 is 12.6. The van der Waals surface area contributed by atoms with Crippen LogP contribution in [0.1, 0.15) is 31.4 Å². The molecule has 20 heavy (non-hydrogen) atoms. The number of likely N-dealkylation sites (N-methyl/N-ethyl adjacent to an activating group) is 1. The Kier molecular flexibility index (Phi) is 5.70. The molecule has 0 bridgehead atoms. The van der Waals surface area contributed by atoms with Crippen LogP contribution < -0.4 is 5.32 Å². The maximum atomic E-state index is 6.40. The Morgan fingerprint density at radius 3 is 2.65 bits per heavy atom. The van der Waals surface area contributed by atoms with Crippen molar-refractivity contribution in [1.29, 1.82) is 0 Å². The summed E-state index contributed by atoms with van der Waals surface area (Å²) in [5.74, 6) is 0. The second-order valence-corrected chi connectivity index (χ2v) is 5.80. The van der Waals surface area contributed by atoms with Gasteiger partial charge in [0.05, 0.1) is 21.7 Å². The first-order valence-electron chi connectivity index (χ1n) is 6.95. The van der Waals surface area contributed by atoms with E-state index in [0.717, 1.165) is 24.9 Å². The van der Waals surface area contributed by atoms with Gasteiger partial charge in [-0.1, -0.05) is 42.3 Å². The zero-order chi connectivity index (χ0) is 14.6. The van der Waals surface area contributed by atoms with E-state index in [4.69, 9.17) is 32.7 Å². The standard InChI is InChI=1S/C15H21Cl2NO2/c1-3-18-14(11-5-4-6-12(16)13(11)17)15(19-2)7-9-20-10-8-15/h4-6,14,18H,3,7-10H2,1-2H3. The lowest BCUT2D eigenvalue weighted by molar-refractivity contribution is -0.111. The maximum Gasteiger partial charge on any atom is 0.0916 e. The lowest BCUT2D eigenvalue weighted by atomic mass is 9.82. The van der Waals surface area contributed by atoms with Crippen molar-refractivity contribution < 1.29 is 9.47 Å². The molecule has 0 amide bonds. The number of ether oxygens (including phenoxy) is 2. The molecule has 3 nitrogen and oxygen atoms in total. The third kappa shape index (κ3) is 3.12. The largest absolute Gasteiger partial charge is 0.381 e. The van der Waals surface area contributed by atoms with Crippen LogP contribution in [0.25, 0.3) is 0 Å². The minimum atomic E-state index is -0.303. The summed E-state index contributed by atoms with van der Waals surface area (Å²) in [5.41, 5.74) is 0.688. The van der Waals surface area contributed by atoms with Crippen molar-refractivity contribution in [2.24, 2.45) is 0 Å². The van der Waals surface area contributed by atoms with E-state index in [1.165, 1.54) is 0 Å². The maximum absolute atomic E-state index is 6.40. The minimum Gasteiger partial charge on any atom is -0.381 e. The third-order valence-electron chi connectivity index (χ3n) is 3.97. The number of rotatable bonds is 5. The molecule has 1 aliphatic heterocycles. The Balaban J connectivity index is 2.41. The van der Waals surface area contributed by atoms with Gasteiger partial charge in [0.25, 0.3) is 0 Å². The molecule has 0 aliphatic carbocycles. The summed E-state index contributed by atoms with van der Waals surface area (Å²) in [7, 11) is 1.76. The van der Waals surface area contributed by atoms with E-state index in [1.54, 1.807) is 13.2 Å². The fourth-order valence-electron chi connectivity index (χ4n) is 2.85. The molecule has 1 aromatic carbocycles. The highest BCUT2D eigenvalue weighted by atomic mass is 35.5. The fraction of sp³-hybridized carbons (Fsp3) is 0.600. The molecule has 0 radical (unpaired) electrons. The van der Waals surface area contributed by atoms with Gasteiger partial charge in [0.2, 0.25) is 0 Å². The quantitative estimate of drug-likeness (QED) is 0.895. The molecule has 1 aliphatic rings. The van der Waals surface area contributed by atoms with E-state index in [9.17, 15) is 0 Å². The lowest BCUT2D eigenvalue weighted by Crippen LogP contribution is -2.49. The van der Waals surface area contributed by atoms with Gasteiger partial charge in [-0.3, -0.25) is 0 Å². The Morgan fingerprint density at radius 2 is 2.05 bits per heavy atom. The van der Waals surface area contributed by atoms with Crippen LogP contribution in [0.15, 0.2) is 18.2 Å². The number of hydrogen-bond acceptors (Lipinski definition) is 3. The van der Waals surface area contributed by atoms with E-state index in [0.29, 0.717) is 23.3 Å². The molecular formula is C15H21Cl2NO2. The number of benzene rings is 1. The van der Waals surface area contributed by atoms with Crippen molar-refractivity contribution >= 4 is 23.2 Å². The average Bonchev–Trinajstić information content (AvgIpc) is 2.49. The van der Waals surface area contributed by atoms with Crippen molar-refractivity contribution in [2.75, 3.05) is 26.9 Å². The number of methoxy groups -OCH3 is 1. The first-order chi connectivity index (χ1) is 9.64. The van der Waals surface area contributed by atoms with E-state index in [2.05, 4.69) is 12.2 Å². The zero-order valence-electron chi connectivity index (χ0n) is 11.9. The molecule has 0 spiro atoms. The average molecular weight is 318 g/mol. The lowest BCUT2D eigenvalue weighted by Gasteiger charge is -2.43.